The molecule has 1 aliphatic rings. The van der Waals surface area contributed by atoms with Gasteiger partial charge in [0.25, 0.3) is 0 Å². The molecule has 1 fully saturated rings. The summed E-state index contributed by atoms with van der Waals surface area (Å²) in [6.45, 7) is 3.93. The van der Waals surface area contributed by atoms with E-state index in [0.29, 0.717) is 6.54 Å². The number of likely N-dealkylation sites (N-methyl/N-ethyl adjacent to an activating group) is 1. The summed E-state index contributed by atoms with van der Waals surface area (Å²) in [5, 5.41) is 5.74. The van der Waals surface area contributed by atoms with Crippen molar-refractivity contribution in [1.82, 2.24) is 10.2 Å². The third kappa shape index (κ3) is 4.65. The number of benzene rings is 1. The van der Waals surface area contributed by atoms with Gasteiger partial charge in [0.15, 0.2) is 0 Å². The zero-order chi connectivity index (χ0) is 13.5. The van der Waals surface area contributed by atoms with Gasteiger partial charge in [-0.2, -0.15) is 0 Å². The molecule has 1 aliphatic heterocycles. The van der Waals surface area contributed by atoms with Crippen molar-refractivity contribution in [3.05, 3.63) is 29.8 Å². The normalized spacial score (nSPS) is 15.6. The largest absolute Gasteiger partial charge is 0.325 e. The fourth-order valence-corrected chi connectivity index (χ4v) is 2.46. The van der Waals surface area contributed by atoms with E-state index >= 15 is 0 Å². The topological polar surface area (TPSA) is 44.4 Å². The Bertz CT molecular complexity index is 414. The van der Waals surface area contributed by atoms with E-state index in [1.165, 1.54) is 31.5 Å². The molecule has 1 amide bonds. The molecule has 0 saturated carbocycles. The lowest BCUT2D eigenvalue weighted by molar-refractivity contribution is -0.115. The lowest BCUT2D eigenvalue weighted by Crippen LogP contribution is -2.25. The van der Waals surface area contributed by atoms with Crippen molar-refractivity contribution in [1.29, 1.82) is 0 Å². The summed E-state index contributed by atoms with van der Waals surface area (Å²) in [6, 6.07) is 8.15. The SMILES string of the molecule is CNCC(=O)Nc1cccc(CCN2CCCC2)c1. The van der Waals surface area contributed by atoms with Crippen LogP contribution in [-0.2, 0) is 11.2 Å². The molecule has 0 aromatic heterocycles. The maximum atomic E-state index is 11.5. The highest BCUT2D eigenvalue weighted by atomic mass is 16.1. The molecule has 1 heterocycles. The highest BCUT2D eigenvalue weighted by molar-refractivity contribution is 5.92. The highest BCUT2D eigenvalue weighted by Gasteiger charge is 2.10. The molecule has 1 saturated heterocycles. The maximum Gasteiger partial charge on any atom is 0.238 e. The fraction of sp³-hybridized carbons (Fsp3) is 0.533. The van der Waals surface area contributed by atoms with E-state index in [9.17, 15) is 4.79 Å². The number of carbonyl (C=O) groups is 1. The number of anilines is 1. The monoisotopic (exact) mass is 261 g/mol. The molecular weight excluding hydrogens is 238 g/mol. The fourth-order valence-electron chi connectivity index (χ4n) is 2.46. The number of amides is 1. The van der Waals surface area contributed by atoms with E-state index in [1.54, 1.807) is 7.05 Å². The second-order valence-electron chi connectivity index (χ2n) is 5.08. The Morgan fingerprint density at radius 3 is 2.84 bits per heavy atom. The summed E-state index contributed by atoms with van der Waals surface area (Å²) < 4.78 is 0. The molecule has 4 heteroatoms. The predicted molar refractivity (Wildman–Crippen MR) is 78.4 cm³/mol. The minimum atomic E-state index is -0.000747. The Balaban J connectivity index is 1.85. The maximum absolute atomic E-state index is 11.5. The summed E-state index contributed by atoms with van der Waals surface area (Å²) in [5.41, 5.74) is 2.17. The summed E-state index contributed by atoms with van der Waals surface area (Å²) in [7, 11) is 1.77. The van der Waals surface area contributed by atoms with E-state index in [1.807, 2.05) is 12.1 Å². The average molecular weight is 261 g/mol. The Hall–Kier alpha value is -1.39. The quantitative estimate of drug-likeness (QED) is 0.815. The van der Waals surface area contributed by atoms with Crippen LogP contribution in [0.15, 0.2) is 24.3 Å². The Morgan fingerprint density at radius 2 is 2.11 bits per heavy atom. The van der Waals surface area contributed by atoms with Crippen LogP contribution in [0.25, 0.3) is 0 Å². The molecule has 104 valence electrons. The first-order chi connectivity index (χ1) is 9.28. The van der Waals surface area contributed by atoms with Crippen molar-refractivity contribution in [3.63, 3.8) is 0 Å². The van der Waals surface area contributed by atoms with Gasteiger partial charge in [-0.25, -0.2) is 0 Å². The molecule has 2 N–H and O–H groups in total. The molecule has 2 rings (SSSR count). The number of nitrogens with one attached hydrogen (secondary N) is 2. The third-order valence-electron chi connectivity index (χ3n) is 3.46. The van der Waals surface area contributed by atoms with Crippen molar-refractivity contribution in [2.75, 3.05) is 38.5 Å². The lowest BCUT2D eigenvalue weighted by atomic mass is 10.1. The number of likely N-dealkylation sites (tertiary alicyclic amines) is 1. The molecule has 0 atom stereocenters. The van der Waals surface area contributed by atoms with Gasteiger partial charge in [-0.3, -0.25) is 4.79 Å². The second kappa shape index (κ2) is 7.26. The van der Waals surface area contributed by atoms with Crippen LogP contribution >= 0.6 is 0 Å². The van der Waals surface area contributed by atoms with Gasteiger partial charge < -0.3 is 15.5 Å². The van der Waals surface area contributed by atoms with Gasteiger partial charge in [-0.05, 0) is 57.1 Å². The van der Waals surface area contributed by atoms with Crippen LogP contribution in [0.2, 0.25) is 0 Å². The van der Waals surface area contributed by atoms with Crippen LogP contribution in [0.1, 0.15) is 18.4 Å². The first kappa shape index (κ1) is 14.0. The first-order valence-corrected chi connectivity index (χ1v) is 7.03. The van der Waals surface area contributed by atoms with E-state index in [-0.39, 0.29) is 5.91 Å². The highest BCUT2D eigenvalue weighted by Crippen LogP contribution is 2.13. The molecule has 1 aromatic carbocycles. The number of carbonyl (C=O) groups excluding carboxylic acids is 1. The number of rotatable bonds is 6. The molecular formula is C15H23N3O. The van der Waals surface area contributed by atoms with Crippen LogP contribution in [0.4, 0.5) is 5.69 Å². The van der Waals surface area contributed by atoms with Gasteiger partial charge in [-0.1, -0.05) is 12.1 Å². The number of hydrogen-bond donors (Lipinski definition) is 2. The number of nitrogens with zero attached hydrogens (tertiary/aromatic N) is 1. The predicted octanol–water partition coefficient (Wildman–Crippen LogP) is 1.48. The van der Waals surface area contributed by atoms with Crippen molar-refractivity contribution in [2.45, 2.75) is 19.3 Å². The Labute approximate surface area is 115 Å². The van der Waals surface area contributed by atoms with Crippen LogP contribution in [0.5, 0.6) is 0 Å². The average Bonchev–Trinajstić information content (AvgIpc) is 2.90. The Kier molecular flexibility index (Phi) is 5.36. The van der Waals surface area contributed by atoms with Gasteiger partial charge in [0.05, 0.1) is 6.54 Å². The zero-order valence-corrected chi connectivity index (χ0v) is 11.6. The first-order valence-electron chi connectivity index (χ1n) is 7.03. The van der Waals surface area contributed by atoms with Gasteiger partial charge in [-0.15, -0.1) is 0 Å². The van der Waals surface area contributed by atoms with Crippen LogP contribution in [0.3, 0.4) is 0 Å². The van der Waals surface area contributed by atoms with Crippen LogP contribution < -0.4 is 10.6 Å². The summed E-state index contributed by atoms with van der Waals surface area (Å²) in [6.07, 6.45) is 3.72. The standard InChI is InChI=1S/C15H23N3O/c1-16-12-15(19)17-14-6-4-5-13(11-14)7-10-18-8-2-3-9-18/h4-6,11,16H,2-3,7-10,12H2,1H3,(H,17,19). The van der Waals surface area contributed by atoms with Gasteiger partial charge in [0, 0.05) is 12.2 Å². The molecule has 0 aliphatic carbocycles. The smallest absolute Gasteiger partial charge is 0.238 e. The lowest BCUT2D eigenvalue weighted by Gasteiger charge is -2.14. The van der Waals surface area contributed by atoms with E-state index in [0.717, 1.165) is 18.7 Å². The van der Waals surface area contributed by atoms with E-state index in [2.05, 4.69) is 27.7 Å². The minimum absolute atomic E-state index is 0.000747. The van der Waals surface area contributed by atoms with Crippen LogP contribution in [0, 0.1) is 0 Å². The molecule has 0 bridgehead atoms. The summed E-state index contributed by atoms with van der Waals surface area (Å²) >= 11 is 0. The van der Waals surface area contributed by atoms with Crippen molar-refractivity contribution in [3.8, 4) is 0 Å². The molecule has 19 heavy (non-hydrogen) atoms. The van der Waals surface area contributed by atoms with Gasteiger partial charge >= 0.3 is 0 Å². The van der Waals surface area contributed by atoms with E-state index in [4.69, 9.17) is 0 Å². The molecule has 1 aromatic rings. The van der Waals surface area contributed by atoms with Crippen molar-refractivity contribution >= 4 is 11.6 Å². The summed E-state index contributed by atoms with van der Waals surface area (Å²) in [4.78, 5) is 14.0. The Morgan fingerprint density at radius 1 is 1.32 bits per heavy atom. The molecule has 0 spiro atoms. The van der Waals surface area contributed by atoms with Crippen molar-refractivity contribution in [2.24, 2.45) is 0 Å². The van der Waals surface area contributed by atoms with Gasteiger partial charge in [0.1, 0.15) is 0 Å². The second-order valence-corrected chi connectivity index (χ2v) is 5.08. The number of hydrogen-bond acceptors (Lipinski definition) is 3. The van der Waals surface area contributed by atoms with E-state index < -0.39 is 0 Å². The van der Waals surface area contributed by atoms with Crippen LogP contribution in [-0.4, -0.2) is 44.0 Å². The third-order valence-corrected chi connectivity index (χ3v) is 3.46. The zero-order valence-electron chi connectivity index (χ0n) is 11.6. The summed E-state index contributed by atoms with van der Waals surface area (Å²) in [5.74, 6) is -0.000747. The van der Waals surface area contributed by atoms with Crippen molar-refractivity contribution < 1.29 is 4.79 Å². The molecule has 0 unspecified atom stereocenters. The molecule has 4 nitrogen and oxygen atoms in total. The molecule has 0 radical (unpaired) electrons. The minimum Gasteiger partial charge on any atom is -0.325 e. The van der Waals surface area contributed by atoms with Gasteiger partial charge in [0.2, 0.25) is 5.91 Å².